The zero-order chi connectivity index (χ0) is 22.1. The summed E-state index contributed by atoms with van der Waals surface area (Å²) in [6.45, 7) is 3.67. The average molecular weight is 424 g/mol. The van der Waals surface area contributed by atoms with Crippen molar-refractivity contribution < 1.29 is 29.3 Å². The third kappa shape index (κ3) is 2.63. The highest BCUT2D eigenvalue weighted by Gasteiger charge is 2.73. The SMILES string of the molecule is C[C@@H]1C=C[C@H](C)[C@H]2[C@H](OC(=O)c3ccccc3)C3C(C(=O)[C@@]21C(=O)O)[C@@H]1C[C@@H]3C[C@H]1O. The molecule has 4 aliphatic carbocycles. The van der Waals surface area contributed by atoms with Gasteiger partial charge in [0.25, 0.3) is 0 Å². The number of esters is 1. The fraction of sp³-hybridized carbons (Fsp3) is 0.560. The van der Waals surface area contributed by atoms with Gasteiger partial charge in [0.15, 0.2) is 5.78 Å². The number of carbonyl (C=O) groups excluding carboxylic acids is 2. The smallest absolute Gasteiger partial charge is 0.338 e. The van der Waals surface area contributed by atoms with E-state index in [2.05, 4.69) is 0 Å². The Labute approximate surface area is 181 Å². The van der Waals surface area contributed by atoms with Crippen molar-refractivity contribution in [3.8, 4) is 0 Å². The van der Waals surface area contributed by atoms with Crippen LogP contribution in [0.3, 0.4) is 0 Å². The van der Waals surface area contributed by atoms with Crippen LogP contribution in [0, 0.1) is 46.8 Å². The number of ether oxygens (including phenoxy) is 1. The lowest BCUT2D eigenvalue weighted by atomic mass is 9.46. The number of aliphatic hydroxyl groups excluding tert-OH is 1. The number of ketones is 1. The predicted octanol–water partition coefficient (Wildman–Crippen LogP) is 2.96. The predicted molar refractivity (Wildman–Crippen MR) is 111 cm³/mol. The van der Waals surface area contributed by atoms with Gasteiger partial charge >= 0.3 is 11.9 Å². The number of allylic oxidation sites excluding steroid dienone is 2. The highest BCUT2D eigenvalue weighted by Crippen LogP contribution is 2.65. The number of hydrogen-bond acceptors (Lipinski definition) is 5. The Morgan fingerprint density at radius 2 is 1.81 bits per heavy atom. The van der Waals surface area contributed by atoms with E-state index in [-0.39, 0.29) is 29.5 Å². The van der Waals surface area contributed by atoms with Crippen LogP contribution in [0.2, 0.25) is 0 Å². The van der Waals surface area contributed by atoms with Gasteiger partial charge in [-0.25, -0.2) is 4.79 Å². The van der Waals surface area contributed by atoms with E-state index in [1.54, 1.807) is 31.2 Å². The van der Waals surface area contributed by atoms with Gasteiger partial charge in [-0.2, -0.15) is 0 Å². The molecule has 3 saturated carbocycles. The third-order valence-corrected chi connectivity index (χ3v) is 8.60. The van der Waals surface area contributed by atoms with Crippen LogP contribution < -0.4 is 0 Å². The number of aliphatic hydroxyl groups is 1. The van der Waals surface area contributed by atoms with Gasteiger partial charge in [0.1, 0.15) is 11.5 Å². The molecule has 0 aromatic heterocycles. The molecule has 10 atom stereocenters. The Kier molecular flexibility index (Phi) is 4.63. The molecule has 2 unspecified atom stereocenters. The van der Waals surface area contributed by atoms with Gasteiger partial charge in [0.05, 0.1) is 11.7 Å². The maximum absolute atomic E-state index is 13.9. The van der Waals surface area contributed by atoms with E-state index < -0.39 is 47.3 Å². The second-order valence-corrected chi connectivity index (χ2v) is 9.90. The van der Waals surface area contributed by atoms with E-state index in [4.69, 9.17) is 4.74 Å². The van der Waals surface area contributed by atoms with Crippen LogP contribution in [0.25, 0.3) is 0 Å². The van der Waals surface area contributed by atoms with Crippen molar-refractivity contribution in [2.24, 2.45) is 46.8 Å². The maximum Gasteiger partial charge on any atom is 0.338 e. The van der Waals surface area contributed by atoms with E-state index in [1.807, 2.05) is 25.1 Å². The zero-order valence-electron chi connectivity index (χ0n) is 17.7. The standard InChI is InChI=1S/C25H28O6/c1-12-8-9-13(2)25(24(29)30)20(12)21(31-23(28)14-6-4-3-5-7-14)18-15-10-16(17(26)11-15)19(18)22(25)27/h3-9,12-13,15-21,26H,10-11H2,1-2H3,(H,29,30)/t12-,13+,15+,16+,17+,18?,19?,20-,21+,25-/m0/s1. The molecule has 31 heavy (non-hydrogen) atoms. The van der Waals surface area contributed by atoms with Gasteiger partial charge in [-0.05, 0) is 48.6 Å². The van der Waals surface area contributed by atoms with Crippen molar-refractivity contribution in [2.75, 3.05) is 0 Å². The number of aliphatic carboxylic acids is 1. The molecule has 0 heterocycles. The number of fused-ring (bicyclic) bond motifs is 6. The van der Waals surface area contributed by atoms with Crippen molar-refractivity contribution in [1.29, 1.82) is 0 Å². The van der Waals surface area contributed by atoms with Gasteiger partial charge in [-0.1, -0.05) is 44.2 Å². The van der Waals surface area contributed by atoms with Gasteiger partial charge in [0.2, 0.25) is 0 Å². The molecule has 164 valence electrons. The number of Topliss-reactive ketones (excluding diaryl/α,β-unsaturated/α-hetero) is 1. The molecule has 1 aromatic carbocycles. The lowest BCUT2D eigenvalue weighted by Gasteiger charge is -2.56. The van der Waals surface area contributed by atoms with Crippen molar-refractivity contribution in [1.82, 2.24) is 0 Å². The fourth-order valence-corrected chi connectivity index (χ4v) is 7.36. The highest BCUT2D eigenvalue weighted by molar-refractivity contribution is 6.07. The summed E-state index contributed by atoms with van der Waals surface area (Å²) >= 11 is 0. The zero-order valence-corrected chi connectivity index (χ0v) is 17.7. The first-order valence-electron chi connectivity index (χ1n) is 11.2. The molecule has 5 rings (SSSR count). The number of benzene rings is 1. The molecule has 4 aliphatic rings. The Bertz CT molecular complexity index is 954. The lowest BCUT2D eigenvalue weighted by Crippen LogP contribution is -2.67. The normalized spacial score (nSPS) is 45.1. The summed E-state index contributed by atoms with van der Waals surface area (Å²) in [5, 5.41) is 21.0. The second kappa shape index (κ2) is 7.02. The minimum atomic E-state index is -1.65. The summed E-state index contributed by atoms with van der Waals surface area (Å²) in [5.74, 6) is -4.33. The Morgan fingerprint density at radius 3 is 2.48 bits per heavy atom. The quantitative estimate of drug-likeness (QED) is 0.440. The third-order valence-electron chi connectivity index (χ3n) is 8.60. The molecule has 2 N–H and O–H groups in total. The number of carboxylic acid groups (broad SMARTS) is 1. The first kappa shape index (κ1) is 20.4. The first-order chi connectivity index (χ1) is 14.8. The number of carboxylic acids is 1. The van der Waals surface area contributed by atoms with E-state index >= 15 is 0 Å². The molecule has 0 radical (unpaired) electrons. The van der Waals surface area contributed by atoms with E-state index in [9.17, 15) is 24.6 Å². The first-order valence-corrected chi connectivity index (χ1v) is 11.2. The fourth-order valence-electron chi connectivity index (χ4n) is 7.36. The van der Waals surface area contributed by atoms with Crippen LogP contribution in [0.15, 0.2) is 42.5 Å². The van der Waals surface area contributed by atoms with Crippen LogP contribution in [0.5, 0.6) is 0 Å². The lowest BCUT2D eigenvalue weighted by molar-refractivity contribution is -0.191. The Morgan fingerprint density at radius 1 is 1.10 bits per heavy atom. The largest absolute Gasteiger partial charge is 0.480 e. The molecule has 0 saturated heterocycles. The summed E-state index contributed by atoms with van der Waals surface area (Å²) in [6, 6.07) is 8.68. The number of carbonyl (C=O) groups is 3. The number of rotatable bonds is 3. The summed E-state index contributed by atoms with van der Waals surface area (Å²) in [6.07, 6.45) is 3.74. The minimum absolute atomic E-state index is 0.0581. The summed E-state index contributed by atoms with van der Waals surface area (Å²) < 4.78 is 6.12. The highest BCUT2D eigenvalue weighted by atomic mass is 16.5. The summed E-state index contributed by atoms with van der Waals surface area (Å²) in [5.41, 5.74) is -1.24. The molecule has 0 amide bonds. The minimum Gasteiger partial charge on any atom is -0.480 e. The van der Waals surface area contributed by atoms with Crippen LogP contribution in [0.4, 0.5) is 0 Å². The van der Waals surface area contributed by atoms with Crippen LogP contribution >= 0.6 is 0 Å². The Hall–Kier alpha value is -2.47. The van der Waals surface area contributed by atoms with E-state index in [0.29, 0.717) is 18.4 Å². The summed E-state index contributed by atoms with van der Waals surface area (Å²) in [4.78, 5) is 39.8. The van der Waals surface area contributed by atoms with Crippen LogP contribution in [-0.2, 0) is 14.3 Å². The second-order valence-electron chi connectivity index (χ2n) is 9.90. The molecular formula is C25H28O6. The van der Waals surface area contributed by atoms with Crippen LogP contribution in [-0.4, -0.2) is 40.1 Å². The van der Waals surface area contributed by atoms with Crippen molar-refractivity contribution in [3.63, 3.8) is 0 Å². The van der Waals surface area contributed by atoms with Gasteiger partial charge in [-0.3, -0.25) is 9.59 Å². The maximum atomic E-state index is 13.9. The molecule has 0 aliphatic heterocycles. The van der Waals surface area contributed by atoms with Gasteiger partial charge in [-0.15, -0.1) is 0 Å². The Balaban J connectivity index is 1.64. The molecular weight excluding hydrogens is 396 g/mol. The molecule has 0 spiro atoms. The van der Waals surface area contributed by atoms with Gasteiger partial charge in [0, 0.05) is 17.8 Å². The van der Waals surface area contributed by atoms with Crippen molar-refractivity contribution in [3.05, 3.63) is 48.0 Å². The monoisotopic (exact) mass is 424 g/mol. The van der Waals surface area contributed by atoms with E-state index in [1.165, 1.54) is 0 Å². The van der Waals surface area contributed by atoms with Crippen LogP contribution in [0.1, 0.15) is 37.0 Å². The molecule has 1 aromatic rings. The topological polar surface area (TPSA) is 101 Å². The summed E-state index contributed by atoms with van der Waals surface area (Å²) in [7, 11) is 0. The number of hydrogen-bond donors (Lipinski definition) is 2. The van der Waals surface area contributed by atoms with Gasteiger partial charge < -0.3 is 14.9 Å². The van der Waals surface area contributed by atoms with E-state index in [0.717, 1.165) is 0 Å². The molecule has 2 bridgehead atoms. The molecule has 3 fully saturated rings. The van der Waals surface area contributed by atoms with Crippen molar-refractivity contribution >= 4 is 17.7 Å². The van der Waals surface area contributed by atoms with Crippen molar-refractivity contribution in [2.45, 2.75) is 38.9 Å². The average Bonchev–Trinajstić information content (AvgIpc) is 3.30. The molecule has 6 heteroatoms. The molecule has 6 nitrogen and oxygen atoms in total.